The Hall–Kier alpha value is -1.88. The molecule has 4 saturated carbocycles. The van der Waals surface area contributed by atoms with Crippen LogP contribution in [0, 0.1) is 33.5 Å². The largest absolute Gasteiger partial charge is 0.260 e. The summed E-state index contributed by atoms with van der Waals surface area (Å²) in [6.07, 6.45) is 9.09. The van der Waals surface area contributed by atoms with Gasteiger partial charge in [-0.1, -0.05) is 45.0 Å². The normalized spacial score (nSPS) is 39.8. The molecule has 1 aromatic heterocycles. The Morgan fingerprint density at radius 1 is 1.12 bits per heavy atom. The van der Waals surface area contributed by atoms with Crippen LogP contribution >= 0.6 is 0 Å². The molecule has 2 heteroatoms. The van der Waals surface area contributed by atoms with Crippen molar-refractivity contribution in [3.05, 3.63) is 42.2 Å². The first-order chi connectivity index (χ1) is 12.4. The van der Waals surface area contributed by atoms with E-state index in [-0.39, 0.29) is 5.41 Å². The third-order valence-corrected chi connectivity index (χ3v) is 9.15. The highest BCUT2D eigenvalue weighted by molar-refractivity contribution is 5.85. The van der Waals surface area contributed by atoms with Gasteiger partial charge in [-0.25, -0.2) is 0 Å². The number of aromatic nitrogens is 1. The van der Waals surface area contributed by atoms with Crippen molar-refractivity contribution in [3.8, 4) is 6.07 Å². The number of hydrogen-bond donors (Lipinski definition) is 0. The number of benzene rings is 1. The fourth-order valence-electron chi connectivity index (χ4n) is 7.18. The average Bonchev–Trinajstić information content (AvgIpc) is 2.77. The molecule has 0 saturated heterocycles. The van der Waals surface area contributed by atoms with Gasteiger partial charge in [-0.3, -0.25) is 4.98 Å². The van der Waals surface area contributed by atoms with E-state index in [1.807, 2.05) is 6.20 Å². The van der Waals surface area contributed by atoms with Gasteiger partial charge in [0.2, 0.25) is 0 Å². The summed E-state index contributed by atoms with van der Waals surface area (Å²) in [5, 5.41) is 11.9. The number of pyridine rings is 1. The Balaban J connectivity index is 1.46. The van der Waals surface area contributed by atoms with E-state index >= 15 is 0 Å². The highest BCUT2D eigenvalue weighted by Crippen LogP contribution is 2.84. The first-order valence-corrected chi connectivity index (χ1v) is 10.1. The molecule has 2 atom stereocenters. The molecule has 26 heavy (non-hydrogen) atoms. The number of hydrogen-bond acceptors (Lipinski definition) is 2. The highest BCUT2D eigenvalue weighted by Gasteiger charge is 2.78. The topological polar surface area (TPSA) is 36.7 Å². The van der Waals surface area contributed by atoms with Crippen LogP contribution in [-0.2, 0) is 5.41 Å². The van der Waals surface area contributed by atoms with Gasteiger partial charge in [0, 0.05) is 23.4 Å². The second-order valence-electron chi connectivity index (χ2n) is 10.1. The Morgan fingerprint density at radius 3 is 2.58 bits per heavy atom. The lowest BCUT2D eigenvalue weighted by Gasteiger charge is -2.78. The van der Waals surface area contributed by atoms with E-state index < -0.39 is 0 Å². The van der Waals surface area contributed by atoms with Crippen LogP contribution in [0.1, 0.15) is 65.0 Å². The third kappa shape index (κ3) is 1.70. The van der Waals surface area contributed by atoms with E-state index in [0.29, 0.717) is 28.6 Å². The summed E-state index contributed by atoms with van der Waals surface area (Å²) in [6.45, 7) is 7.40. The number of rotatable bonds is 3. The van der Waals surface area contributed by atoms with Crippen LogP contribution in [0.2, 0.25) is 0 Å². The van der Waals surface area contributed by atoms with E-state index in [9.17, 15) is 5.26 Å². The molecule has 0 spiro atoms. The molecule has 4 aliphatic rings. The minimum Gasteiger partial charge on any atom is -0.260 e. The van der Waals surface area contributed by atoms with Gasteiger partial charge in [-0.2, -0.15) is 5.26 Å². The summed E-state index contributed by atoms with van der Waals surface area (Å²) in [5.41, 5.74) is 2.73. The van der Waals surface area contributed by atoms with Gasteiger partial charge >= 0.3 is 0 Å². The molecule has 2 bridgehead atoms. The van der Waals surface area contributed by atoms with Gasteiger partial charge in [0.1, 0.15) is 0 Å². The zero-order valence-corrected chi connectivity index (χ0v) is 16.2. The fourth-order valence-corrected chi connectivity index (χ4v) is 7.18. The van der Waals surface area contributed by atoms with Crippen LogP contribution in [0.5, 0.6) is 0 Å². The van der Waals surface area contributed by atoms with E-state index in [1.54, 1.807) is 0 Å². The number of nitrogens with zero attached hydrogens (tertiary/aromatic N) is 2. The minimum atomic E-state index is 0.251. The molecule has 0 radical (unpaired) electrons. The Kier molecular flexibility index (Phi) is 3.06. The summed E-state index contributed by atoms with van der Waals surface area (Å²) in [6, 6.07) is 13.3. The zero-order chi connectivity index (χ0) is 18.2. The van der Waals surface area contributed by atoms with E-state index in [0.717, 1.165) is 0 Å². The van der Waals surface area contributed by atoms with Crippen molar-refractivity contribution in [2.75, 3.05) is 0 Å². The number of nitriles is 1. The third-order valence-electron chi connectivity index (χ3n) is 9.15. The van der Waals surface area contributed by atoms with Gasteiger partial charge in [0.15, 0.2) is 0 Å². The van der Waals surface area contributed by atoms with Gasteiger partial charge in [0.25, 0.3) is 0 Å². The smallest absolute Gasteiger partial charge is 0.0624 e. The quantitative estimate of drug-likeness (QED) is 0.683. The summed E-state index contributed by atoms with van der Waals surface area (Å²) in [5.74, 6) is 0.554. The average molecular weight is 345 g/mol. The van der Waals surface area contributed by atoms with Crippen molar-refractivity contribution in [1.29, 1.82) is 5.26 Å². The monoisotopic (exact) mass is 344 g/mol. The molecule has 2 aromatic rings. The molecule has 0 aliphatic heterocycles. The maximum absolute atomic E-state index is 9.24. The lowest BCUT2D eigenvalue weighted by atomic mass is 9.26. The van der Waals surface area contributed by atoms with Gasteiger partial charge in [-0.15, -0.1) is 0 Å². The molecular weight excluding hydrogens is 316 g/mol. The predicted molar refractivity (Wildman–Crippen MR) is 105 cm³/mol. The van der Waals surface area contributed by atoms with Crippen LogP contribution in [0.4, 0.5) is 0 Å². The van der Waals surface area contributed by atoms with Crippen molar-refractivity contribution in [2.45, 2.75) is 64.7 Å². The molecule has 4 aliphatic carbocycles. The second-order valence-corrected chi connectivity index (χ2v) is 10.1. The van der Waals surface area contributed by atoms with Crippen molar-refractivity contribution < 1.29 is 0 Å². The van der Waals surface area contributed by atoms with Crippen molar-refractivity contribution in [2.24, 2.45) is 22.2 Å². The van der Waals surface area contributed by atoms with Crippen LogP contribution in [-0.4, -0.2) is 4.98 Å². The van der Waals surface area contributed by atoms with E-state index in [4.69, 9.17) is 4.98 Å². The zero-order valence-electron chi connectivity index (χ0n) is 16.2. The maximum atomic E-state index is 9.24. The Bertz CT molecular complexity index is 910. The van der Waals surface area contributed by atoms with Crippen LogP contribution in [0.15, 0.2) is 36.5 Å². The first-order valence-electron chi connectivity index (χ1n) is 10.1. The molecule has 0 N–H and O–H groups in total. The molecule has 0 amide bonds. The summed E-state index contributed by atoms with van der Waals surface area (Å²) >= 11 is 0. The summed E-state index contributed by atoms with van der Waals surface area (Å²) in [7, 11) is 0. The molecular formula is C24H28N2. The van der Waals surface area contributed by atoms with E-state index in [2.05, 4.69) is 57.2 Å². The molecule has 4 fully saturated rings. The Morgan fingerprint density at radius 2 is 1.85 bits per heavy atom. The number of fused-ring (bicyclic) bond motifs is 1. The minimum absolute atomic E-state index is 0.251. The van der Waals surface area contributed by atoms with Gasteiger partial charge in [-0.05, 0) is 65.7 Å². The van der Waals surface area contributed by atoms with E-state index in [1.165, 1.54) is 48.6 Å². The highest BCUT2D eigenvalue weighted by atomic mass is 14.9. The van der Waals surface area contributed by atoms with Crippen molar-refractivity contribution in [1.82, 2.24) is 4.98 Å². The molecule has 6 rings (SSSR count). The van der Waals surface area contributed by atoms with Crippen LogP contribution in [0.25, 0.3) is 10.8 Å². The standard InChI is InChI=1S/C24H28N2/c1-21(2)18(9-12-25)8-11-22(21,3)24-14-23(15-24,16-24)20-19-7-5-4-6-17(19)10-13-26-20/h4-7,10,13,18H,8-9,11,14-16H2,1-3H3. The van der Waals surface area contributed by atoms with Crippen molar-refractivity contribution >= 4 is 10.8 Å². The molecule has 134 valence electrons. The molecule has 1 heterocycles. The van der Waals surface area contributed by atoms with Gasteiger partial charge < -0.3 is 0 Å². The summed E-state index contributed by atoms with van der Waals surface area (Å²) in [4.78, 5) is 4.86. The molecule has 1 aromatic carbocycles. The fraction of sp³-hybridized carbons (Fsp3) is 0.583. The first kappa shape index (κ1) is 16.3. The second kappa shape index (κ2) is 4.89. The lowest BCUT2D eigenvalue weighted by Crippen LogP contribution is -2.72. The van der Waals surface area contributed by atoms with Crippen LogP contribution in [0.3, 0.4) is 0 Å². The SMILES string of the molecule is CC1(C)C(CC#N)CCC1(C)C12CC(c3nccc4ccccc34)(C1)C2. The summed E-state index contributed by atoms with van der Waals surface area (Å²) < 4.78 is 0. The maximum Gasteiger partial charge on any atom is 0.0624 e. The van der Waals surface area contributed by atoms with Crippen LogP contribution < -0.4 is 0 Å². The Labute approximate surface area is 156 Å². The van der Waals surface area contributed by atoms with Gasteiger partial charge in [0.05, 0.1) is 11.8 Å². The predicted octanol–water partition coefficient (Wildman–Crippen LogP) is 6.01. The molecule has 2 unspecified atom stereocenters. The molecule has 2 nitrogen and oxygen atoms in total. The lowest BCUT2D eigenvalue weighted by molar-refractivity contribution is -0.250. The van der Waals surface area contributed by atoms with Crippen molar-refractivity contribution in [3.63, 3.8) is 0 Å².